The van der Waals surface area contributed by atoms with E-state index in [1.54, 1.807) is 6.92 Å². The van der Waals surface area contributed by atoms with Crippen LogP contribution in [0.3, 0.4) is 0 Å². The van der Waals surface area contributed by atoms with Gasteiger partial charge in [0.15, 0.2) is 0 Å². The molecule has 1 fully saturated rings. The van der Waals surface area contributed by atoms with Crippen LogP contribution in [0.1, 0.15) is 39.0 Å². The number of nitrogens with zero attached hydrogens (tertiary/aromatic N) is 1. The largest absolute Gasteiger partial charge is 0.449 e. The molecule has 0 heterocycles. The number of carbonyl (C=O) groups is 1. The predicted octanol–water partition coefficient (Wildman–Crippen LogP) is 1.85. The lowest BCUT2D eigenvalue weighted by Crippen LogP contribution is -2.49. The van der Waals surface area contributed by atoms with Crippen molar-refractivity contribution in [2.45, 2.75) is 45.1 Å². The zero-order valence-corrected chi connectivity index (χ0v) is 12.7. The summed E-state index contributed by atoms with van der Waals surface area (Å²) in [7, 11) is -3.88. The molecule has 1 N–H and O–H groups in total. The molecule has 112 valence electrons. The smallest absolute Gasteiger partial charge is 0.421 e. The molecule has 1 aliphatic rings. The molecule has 0 radical (unpaired) electrons. The van der Waals surface area contributed by atoms with Gasteiger partial charge in [0.2, 0.25) is 0 Å². The minimum Gasteiger partial charge on any atom is -0.449 e. The highest BCUT2D eigenvalue weighted by atomic mass is 35.5. The van der Waals surface area contributed by atoms with E-state index in [9.17, 15) is 13.2 Å². The second-order valence-electron chi connectivity index (χ2n) is 4.42. The van der Waals surface area contributed by atoms with Crippen molar-refractivity contribution in [3.63, 3.8) is 0 Å². The van der Waals surface area contributed by atoms with Crippen molar-refractivity contribution in [2.75, 3.05) is 19.0 Å². The van der Waals surface area contributed by atoms with Gasteiger partial charge in [0.1, 0.15) is 0 Å². The quantitative estimate of drug-likeness (QED) is 0.759. The molecule has 0 spiro atoms. The molecule has 1 rings (SSSR count). The van der Waals surface area contributed by atoms with Crippen LogP contribution in [0.5, 0.6) is 0 Å². The maximum absolute atomic E-state index is 12.2. The lowest BCUT2D eigenvalue weighted by Gasteiger charge is -2.32. The summed E-state index contributed by atoms with van der Waals surface area (Å²) in [5.41, 5.74) is 0. The molecule has 1 aliphatic carbocycles. The van der Waals surface area contributed by atoms with E-state index in [2.05, 4.69) is 4.74 Å². The van der Waals surface area contributed by atoms with E-state index < -0.39 is 16.3 Å². The van der Waals surface area contributed by atoms with Crippen LogP contribution in [0.25, 0.3) is 0 Å². The first-order chi connectivity index (χ1) is 9.01. The lowest BCUT2D eigenvalue weighted by atomic mass is 9.95. The summed E-state index contributed by atoms with van der Waals surface area (Å²) in [4.78, 5) is 11.3. The molecule has 0 saturated heterocycles. The van der Waals surface area contributed by atoms with E-state index in [0.29, 0.717) is 0 Å². The van der Waals surface area contributed by atoms with Crippen LogP contribution in [-0.2, 0) is 14.9 Å². The zero-order valence-electron chi connectivity index (χ0n) is 11.1. The van der Waals surface area contributed by atoms with Gasteiger partial charge in [-0.05, 0) is 19.8 Å². The first kappa shape index (κ1) is 16.5. The molecule has 6 nitrogen and oxygen atoms in total. The maximum atomic E-state index is 12.2. The lowest BCUT2D eigenvalue weighted by molar-refractivity contribution is 0.157. The molecule has 0 aromatic carbocycles. The normalized spacial score (nSPS) is 17.4. The summed E-state index contributed by atoms with van der Waals surface area (Å²) in [5, 5.41) is 0. The van der Waals surface area contributed by atoms with Gasteiger partial charge in [0.25, 0.3) is 0 Å². The number of amides is 1. The Morgan fingerprint density at radius 1 is 1.37 bits per heavy atom. The minimum atomic E-state index is -3.88. The van der Waals surface area contributed by atoms with Crippen LogP contribution in [-0.4, -0.2) is 43.9 Å². The van der Waals surface area contributed by atoms with Crippen molar-refractivity contribution in [3.8, 4) is 0 Å². The van der Waals surface area contributed by atoms with Crippen molar-refractivity contribution >= 4 is 27.9 Å². The Labute approximate surface area is 119 Å². The Kier molecular flexibility index (Phi) is 6.88. The molecule has 8 heteroatoms. The minimum absolute atomic E-state index is 0.0839. The van der Waals surface area contributed by atoms with Gasteiger partial charge in [-0.2, -0.15) is 12.7 Å². The molecular formula is C11H21ClN2O4S. The molecule has 1 amide bonds. The number of hydrogen-bond donors (Lipinski definition) is 1. The molecule has 0 bridgehead atoms. The predicted molar refractivity (Wildman–Crippen MR) is 73.4 cm³/mol. The van der Waals surface area contributed by atoms with Gasteiger partial charge in [-0.15, -0.1) is 11.6 Å². The number of carbonyl (C=O) groups excluding carboxylic acids is 1. The Bertz CT molecular complexity index is 382. The van der Waals surface area contributed by atoms with Crippen LogP contribution in [0.15, 0.2) is 0 Å². The third-order valence-corrected chi connectivity index (χ3v) is 4.78. The van der Waals surface area contributed by atoms with E-state index in [1.807, 2.05) is 4.72 Å². The fraction of sp³-hybridized carbons (Fsp3) is 0.909. The Morgan fingerprint density at radius 2 is 2.00 bits per heavy atom. The first-order valence-electron chi connectivity index (χ1n) is 6.53. The summed E-state index contributed by atoms with van der Waals surface area (Å²) in [6.45, 7) is 1.94. The zero-order chi connectivity index (χ0) is 14.3. The summed E-state index contributed by atoms with van der Waals surface area (Å²) in [6.07, 6.45) is 3.78. The molecule has 0 aliphatic heterocycles. The molecule has 1 saturated carbocycles. The van der Waals surface area contributed by atoms with Crippen LogP contribution in [0.4, 0.5) is 4.79 Å². The fourth-order valence-electron chi connectivity index (χ4n) is 2.28. The third-order valence-electron chi connectivity index (χ3n) is 3.08. The fourth-order valence-corrected chi connectivity index (χ4v) is 3.88. The topological polar surface area (TPSA) is 75.7 Å². The monoisotopic (exact) mass is 312 g/mol. The van der Waals surface area contributed by atoms with E-state index >= 15 is 0 Å². The maximum Gasteiger partial charge on any atom is 0.421 e. The number of hydrogen-bond acceptors (Lipinski definition) is 4. The van der Waals surface area contributed by atoms with Crippen LogP contribution < -0.4 is 4.72 Å². The SMILES string of the molecule is CCOC(=O)NS(=O)(=O)N(CCCl)C1CCCCC1. The first-order valence-corrected chi connectivity index (χ1v) is 8.51. The highest BCUT2D eigenvalue weighted by Crippen LogP contribution is 2.24. The number of ether oxygens (including phenoxy) is 1. The van der Waals surface area contributed by atoms with E-state index in [4.69, 9.17) is 11.6 Å². The summed E-state index contributed by atoms with van der Waals surface area (Å²) < 4.78 is 32.1. The standard InChI is InChI=1S/C11H21ClN2O4S/c1-2-18-11(15)13-19(16,17)14(9-8-12)10-6-4-3-5-7-10/h10H,2-9H2,1H3,(H,13,15). The van der Waals surface area contributed by atoms with Crippen LogP contribution in [0.2, 0.25) is 0 Å². The molecule has 0 atom stereocenters. The molecule has 0 aromatic heterocycles. The Morgan fingerprint density at radius 3 is 2.53 bits per heavy atom. The van der Waals surface area contributed by atoms with Gasteiger partial charge in [-0.1, -0.05) is 19.3 Å². The van der Waals surface area contributed by atoms with Crippen molar-refractivity contribution in [1.29, 1.82) is 0 Å². The second-order valence-corrected chi connectivity index (χ2v) is 6.42. The van der Waals surface area contributed by atoms with E-state index in [0.717, 1.165) is 32.1 Å². The van der Waals surface area contributed by atoms with E-state index in [-0.39, 0.29) is 25.1 Å². The van der Waals surface area contributed by atoms with Crippen molar-refractivity contribution in [3.05, 3.63) is 0 Å². The summed E-state index contributed by atoms with van der Waals surface area (Å²) >= 11 is 5.67. The van der Waals surface area contributed by atoms with Gasteiger partial charge in [0, 0.05) is 18.5 Å². The highest BCUT2D eigenvalue weighted by Gasteiger charge is 2.32. The molecular weight excluding hydrogens is 292 g/mol. The number of nitrogens with one attached hydrogen (secondary N) is 1. The van der Waals surface area contributed by atoms with Gasteiger partial charge < -0.3 is 4.74 Å². The number of alkyl halides is 1. The number of rotatable bonds is 6. The van der Waals surface area contributed by atoms with Crippen molar-refractivity contribution in [1.82, 2.24) is 9.03 Å². The Balaban J connectivity index is 2.74. The average molecular weight is 313 g/mol. The van der Waals surface area contributed by atoms with Crippen LogP contribution in [0, 0.1) is 0 Å². The summed E-state index contributed by atoms with van der Waals surface area (Å²) in [5.74, 6) is 0.195. The highest BCUT2D eigenvalue weighted by molar-refractivity contribution is 7.87. The van der Waals surface area contributed by atoms with Crippen molar-refractivity contribution < 1.29 is 17.9 Å². The molecule has 0 aromatic rings. The number of halogens is 1. The van der Waals surface area contributed by atoms with Gasteiger partial charge in [-0.3, -0.25) is 0 Å². The second kappa shape index (κ2) is 7.91. The molecule has 19 heavy (non-hydrogen) atoms. The van der Waals surface area contributed by atoms with Crippen LogP contribution >= 0.6 is 11.6 Å². The van der Waals surface area contributed by atoms with Gasteiger partial charge in [0.05, 0.1) is 6.61 Å². The van der Waals surface area contributed by atoms with Gasteiger partial charge in [-0.25, -0.2) is 9.52 Å². The Hall–Kier alpha value is -0.530. The summed E-state index contributed by atoms with van der Waals surface area (Å²) in [6, 6.07) is -0.0839. The van der Waals surface area contributed by atoms with Gasteiger partial charge >= 0.3 is 16.3 Å². The van der Waals surface area contributed by atoms with Crippen molar-refractivity contribution in [2.24, 2.45) is 0 Å². The molecule has 0 unspecified atom stereocenters. The van der Waals surface area contributed by atoms with E-state index in [1.165, 1.54) is 4.31 Å². The average Bonchev–Trinajstić information content (AvgIpc) is 2.36. The third kappa shape index (κ3) is 5.16.